The van der Waals surface area contributed by atoms with Gasteiger partial charge in [0.05, 0.1) is 12.7 Å². The van der Waals surface area contributed by atoms with Gasteiger partial charge in [-0.2, -0.15) is 0 Å². The highest BCUT2D eigenvalue weighted by atomic mass is 16.5. The molecule has 118 valence electrons. The monoisotopic (exact) mass is 284 g/mol. The zero-order valence-corrected chi connectivity index (χ0v) is 13.3. The molecule has 2 aliphatic heterocycles. The van der Waals surface area contributed by atoms with E-state index in [4.69, 9.17) is 9.47 Å². The Morgan fingerprint density at radius 2 is 2.25 bits per heavy atom. The van der Waals surface area contributed by atoms with Gasteiger partial charge in [-0.1, -0.05) is 0 Å². The second kappa shape index (κ2) is 8.98. The van der Waals surface area contributed by atoms with Crippen LogP contribution in [-0.4, -0.2) is 63.5 Å². The van der Waals surface area contributed by atoms with Crippen molar-refractivity contribution in [1.29, 1.82) is 0 Å². The lowest BCUT2D eigenvalue weighted by Gasteiger charge is -2.34. The number of likely N-dealkylation sites (tertiary alicyclic amines) is 1. The van der Waals surface area contributed by atoms with Gasteiger partial charge in [0.2, 0.25) is 0 Å². The van der Waals surface area contributed by atoms with Crippen LogP contribution in [-0.2, 0) is 9.47 Å². The summed E-state index contributed by atoms with van der Waals surface area (Å²) in [4.78, 5) is 2.46. The van der Waals surface area contributed by atoms with Gasteiger partial charge in [0.15, 0.2) is 0 Å². The molecule has 1 N–H and O–H groups in total. The van der Waals surface area contributed by atoms with E-state index in [1.165, 1.54) is 38.8 Å². The number of piperidine rings is 1. The maximum Gasteiger partial charge on any atom is 0.0809 e. The molecular formula is C16H32N2O2. The number of nitrogens with zero attached hydrogens (tertiary/aromatic N) is 1. The largest absolute Gasteiger partial charge is 0.379 e. The third-order valence-corrected chi connectivity index (χ3v) is 4.63. The Morgan fingerprint density at radius 3 is 3.00 bits per heavy atom. The van der Waals surface area contributed by atoms with Crippen molar-refractivity contribution in [2.75, 3.05) is 46.5 Å². The second-order valence-corrected chi connectivity index (χ2v) is 6.47. The lowest BCUT2D eigenvalue weighted by Crippen LogP contribution is -2.43. The topological polar surface area (TPSA) is 33.7 Å². The summed E-state index contributed by atoms with van der Waals surface area (Å²) in [5.74, 6) is 0.807. The predicted octanol–water partition coefficient (Wildman–Crippen LogP) is 1.89. The molecule has 4 heteroatoms. The van der Waals surface area contributed by atoms with Crippen molar-refractivity contribution in [2.45, 2.75) is 51.2 Å². The summed E-state index contributed by atoms with van der Waals surface area (Å²) >= 11 is 0. The molecule has 0 spiro atoms. The van der Waals surface area contributed by atoms with E-state index in [2.05, 4.69) is 24.2 Å². The lowest BCUT2D eigenvalue weighted by atomic mass is 9.92. The van der Waals surface area contributed by atoms with Gasteiger partial charge in [-0.25, -0.2) is 0 Å². The first-order valence-electron chi connectivity index (χ1n) is 8.37. The van der Waals surface area contributed by atoms with E-state index in [0.717, 1.165) is 38.7 Å². The summed E-state index contributed by atoms with van der Waals surface area (Å²) in [7, 11) is 2.23. The highest BCUT2D eigenvalue weighted by molar-refractivity contribution is 4.78. The van der Waals surface area contributed by atoms with Crippen LogP contribution in [0.1, 0.15) is 39.0 Å². The van der Waals surface area contributed by atoms with Crippen LogP contribution in [0, 0.1) is 5.92 Å². The van der Waals surface area contributed by atoms with Crippen molar-refractivity contribution in [3.63, 3.8) is 0 Å². The molecular weight excluding hydrogens is 252 g/mol. The fourth-order valence-corrected chi connectivity index (χ4v) is 3.28. The number of rotatable bonds is 8. The van der Waals surface area contributed by atoms with Crippen molar-refractivity contribution in [3.8, 4) is 0 Å². The van der Waals surface area contributed by atoms with E-state index in [9.17, 15) is 0 Å². The number of hydrogen-bond acceptors (Lipinski definition) is 4. The molecule has 0 aromatic carbocycles. The van der Waals surface area contributed by atoms with E-state index in [1.54, 1.807) is 0 Å². The quantitative estimate of drug-likeness (QED) is 0.690. The molecule has 4 nitrogen and oxygen atoms in total. The summed E-state index contributed by atoms with van der Waals surface area (Å²) < 4.78 is 11.2. The van der Waals surface area contributed by atoms with Gasteiger partial charge in [0.25, 0.3) is 0 Å². The molecule has 0 aliphatic carbocycles. The van der Waals surface area contributed by atoms with Crippen molar-refractivity contribution >= 4 is 0 Å². The highest BCUT2D eigenvalue weighted by Crippen LogP contribution is 2.18. The Kier molecular flexibility index (Phi) is 7.28. The van der Waals surface area contributed by atoms with Gasteiger partial charge in [0, 0.05) is 25.8 Å². The van der Waals surface area contributed by atoms with Crippen molar-refractivity contribution in [3.05, 3.63) is 0 Å². The summed E-state index contributed by atoms with van der Waals surface area (Å²) in [6, 6.07) is 0.621. The molecule has 0 aromatic heterocycles. The number of nitrogens with one attached hydrogen (secondary N) is 1. The maximum absolute atomic E-state index is 5.69. The van der Waals surface area contributed by atoms with Gasteiger partial charge < -0.3 is 19.7 Å². The molecule has 3 unspecified atom stereocenters. The van der Waals surface area contributed by atoms with Crippen molar-refractivity contribution in [2.24, 2.45) is 5.92 Å². The molecule has 0 amide bonds. The summed E-state index contributed by atoms with van der Waals surface area (Å²) in [6.45, 7) is 8.45. The van der Waals surface area contributed by atoms with Crippen LogP contribution in [0.25, 0.3) is 0 Å². The van der Waals surface area contributed by atoms with Gasteiger partial charge in [-0.15, -0.1) is 0 Å². The van der Waals surface area contributed by atoms with E-state index >= 15 is 0 Å². The second-order valence-electron chi connectivity index (χ2n) is 6.47. The van der Waals surface area contributed by atoms with E-state index in [1.807, 2.05) is 0 Å². The van der Waals surface area contributed by atoms with Crippen molar-refractivity contribution in [1.82, 2.24) is 10.2 Å². The Bertz CT molecular complexity index is 257. The predicted molar refractivity (Wildman–Crippen MR) is 82.1 cm³/mol. The highest BCUT2D eigenvalue weighted by Gasteiger charge is 2.22. The van der Waals surface area contributed by atoms with Gasteiger partial charge in [-0.3, -0.25) is 0 Å². The molecule has 2 saturated heterocycles. The van der Waals surface area contributed by atoms with Gasteiger partial charge >= 0.3 is 0 Å². The van der Waals surface area contributed by atoms with Crippen LogP contribution in [0.5, 0.6) is 0 Å². The fourth-order valence-electron chi connectivity index (χ4n) is 3.28. The Hall–Kier alpha value is -0.160. The normalized spacial score (nSPS) is 29.7. The Balaban J connectivity index is 1.45. The minimum absolute atomic E-state index is 0.361. The van der Waals surface area contributed by atoms with Crippen LogP contribution < -0.4 is 5.32 Å². The summed E-state index contributed by atoms with van der Waals surface area (Å²) in [5.41, 5.74) is 0. The SMILES string of the molecule is CC(NCCCOCC1CCCO1)C1CCCN(C)C1. The first kappa shape index (κ1) is 16.2. The zero-order chi connectivity index (χ0) is 14.2. The van der Waals surface area contributed by atoms with Crippen LogP contribution in [0.3, 0.4) is 0 Å². The Morgan fingerprint density at radius 1 is 1.35 bits per heavy atom. The van der Waals surface area contributed by atoms with Crippen molar-refractivity contribution < 1.29 is 9.47 Å². The average Bonchev–Trinajstić information content (AvgIpc) is 2.95. The van der Waals surface area contributed by atoms with E-state index in [0.29, 0.717) is 12.1 Å². The van der Waals surface area contributed by atoms with Crippen LogP contribution in [0.4, 0.5) is 0 Å². The molecule has 2 heterocycles. The molecule has 2 fully saturated rings. The third kappa shape index (κ3) is 5.68. The third-order valence-electron chi connectivity index (χ3n) is 4.63. The molecule has 2 aliphatic rings. The average molecular weight is 284 g/mol. The number of hydrogen-bond donors (Lipinski definition) is 1. The van der Waals surface area contributed by atoms with Gasteiger partial charge in [-0.05, 0) is 65.1 Å². The molecule has 0 aromatic rings. The minimum Gasteiger partial charge on any atom is -0.379 e. The van der Waals surface area contributed by atoms with E-state index < -0.39 is 0 Å². The molecule has 20 heavy (non-hydrogen) atoms. The maximum atomic E-state index is 5.69. The Labute approximate surface area is 124 Å². The minimum atomic E-state index is 0.361. The van der Waals surface area contributed by atoms with Gasteiger partial charge in [0.1, 0.15) is 0 Å². The van der Waals surface area contributed by atoms with Crippen LogP contribution in [0.2, 0.25) is 0 Å². The lowest BCUT2D eigenvalue weighted by molar-refractivity contribution is 0.0164. The smallest absolute Gasteiger partial charge is 0.0809 e. The molecule has 2 rings (SSSR count). The molecule has 0 bridgehead atoms. The molecule has 3 atom stereocenters. The first-order chi connectivity index (χ1) is 9.75. The first-order valence-corrected chi connectivity index (χ1v) is 8.37. The standard InChI is InChI=1S/C16H32N2O2/c1-14(15-6-3-9-18(2)12-15)17-8-5-10-19-13-16-7-4-11-20-16/h14-17H,3-13H2,1-2H3. The fraction of sp³-hybridized carbons (Fsp3) is 1.00. The summed E-state index contributed by atoms with van der Waals surface area (Å²) in [5, 5.41) is 3.66. The van der Waals surface area contributed by atoms with E-state index in [-0.39, 0.29) is 0 Å². The molecule has 0 radical (unpaired) electrons. The zero-order valence-electron chi connectivity index (χ0n) is 13.3. The van der Waals surface area contributed by atoms with Crippen LogP contribution in [0.15, 0.2) is 0 Å². The summed E-state index contributed by atoms with van der Waals surface area (Å²) in [6.07, 6.45) is 6.54. The molecule has 0 saturated carbocycles. The number of ether oxygens (including phenoxy) is 2. The van der Waals surface area contributed by atoms with Crippen LogP contribution >= 0.6 is 0 Å².